The number of benzene rings is 2. The van der Waals surface area contributed by atoms with Gasteiger partial charge in [-0.3, -0.25) is 9.69 Å². The van der Waals surface area contributed by atoms with Crippen molar-refractivity contribution in [1.82, 2.24) is 4.98 Å². The minimum atomic E-state index is -0.165. The fourth-order valence-electron chi connectivity index (χ4n) is 3.42. The Morgan fingerprint density at radius 1 is 1.29 bits per heavy atom. The molecule has 1 amide bonds. The molecule has 1 aliphatic rings. The van der Waals surface area contributed by atoms with E-state index in [0.717, 1.165) is 30.6 Å². The second-order valence-corrected chi connectivity index (χ2v) is 9.01. The van der Waals surface area contributed by atoms with Crippen LogP contribution in [-0.2, 0) is 9.53 Å². The summed E-state index contributed by atoms with van der Waals surface area (Å²) in [5.74, 6) is 0.530. The third-order valence-corrected chi connectivity index (χ3v) is 6.50. The van der Waals surface area contributed by atoms with Gasteiger partial charge in [0, 0.05) is 22.6 Å². The Morgan fingerprint density at radius 2 is 2.13 bits per heavy atom. The van der Waals surface area contributed by atoms with Crippen LogP contribution in [0.15, 0.2) is 47.8 Å². The number of rotatable bonds is 7. The van der Waals surface area contributed by atoms with E-state index in [4.69, 9.17) is 37.7 Å². The maximum atomic E-state index is 13.1. The molecular formula is C23H22Cl2N2O3S. The number of carbonyl (C=O) groups is 1. The third-order valence-electron chi connectivity index (χ3n) is 5.09. The van der Waals surface area contributed by atoms with Crippen LogP contribution in [0.4, 0.5) is 5.13 Å². The van der Waals surface area contributed by atoms with Crippen molar-refractivity contribution in [3.05, 3.63) is 63.5 Å². The quantitative estimate of drug-likeness (QED) is 0.418. The topological polar surface area (TPSA) is 51.7 Å². The van der Waals surface area contributed by atoms with E-state index >= 15 is 0 Å². The first-order chi connectivity index (χ1) is 15.0. The molecule has 0 spiro atoms. The molecule has 1 unspecified atom stereocenters. The Balaban J connectivity index is 1.55. The highest BCUT2D eigenvalue weighted by Gasteiger charge is 2.26. The van der Waals surface area contributed by atoms with Gasteiger partial charge in [0.2, 0.25) is 0 Å². The predicted octanol–water partition coefficient (Wildman–Crippen LogP) is 6.02. The summed E-state index contributed by atoms with van der Waals surface area (Å²) in [5.41, 5.74) is 2.45. The Kier molecular flexibility index (Phi) is 7.13. The molecule has 1 aliphatic heterocycles. The van der Waals surface area contributed by atoms with Gasteiger partial charge >= 0.3 is 0 Å². The fraction of sp³-hybridized carbons (Fsp3) is 0.304. The summed E-state index contributed by atoms with van der Waals surface area (Å²) in [6.07, 6.45) is 1.91. The molecule has 5 nitrogen and oxygen atoms in total. The number of halogens is 2. The smallest absolute Gasteiger partial charge is 0.266 e. The van der Waals surface area contributed by atoms with Gasteiger partial charge in [-0.25, -0.2) is 4.98 Å². The van der Waals surface area contributed by atoms with Crippen LogP contribution in [0.2, 0.25) is 10.0 Å². The van der Waals surface area contributed by atoms with Gasteiger partial charge in [-0.1, -0.05) is 41.4 Å². The molecule has 1 fully saturated rings. The Morgan fingerprint density at radius 3 is 2.87 bits per heavy atom. The van der Waals surface area contributed by atoms with Gasteiger partial charge < -0.3 is 9.47 Å². The number of nitrogens with zero attached hydrogens (tertiary/aromatic N) is 2. The van der Waals surface area contributed by atoms with Crippen molar-refractivity contribution < 1.29 is 14.3 Å². The number of hydrogen-bond acceptors (Lipinski definition) is 5. The highest BCUT2D eigenvalue weighted by molar-refractivity contribution is 7.14. The largest absolute Gasteiger partial charge is 0.483 e. The molecule has 0 radical (unpaired) electrons. The number of amides is 1. The molecule has 0 N–H and O–H groups in total. The number of thiazole rings is 1. The molecule has 3 aromatic rings. The summed E-state index contributed by atoms with van der Waals surface area (Å²) >= 11 is 13.7. The highest BCUT2D eigenvalue weighted by Crippen LogP contribution is 2.34. The summed E-state index contributed by atoms with van der Waals surface area (Å²) in [6, 6.07) is 12.9. The van der Waals surface area contributed by atoms with Crippen molar-refractivity contribution in [2.24, 2.45) is 0 Å². The number of ether oxygens (including phenoxy) is 2. The van der Waals surface area contributed by atoms with Crippen molar-refractivity contribution in [3.8, 4) is 17.0 Å². The zero-order chi connectivity index (χ0) is 21.8. The molecule has 1 aromatic heterocycles. The van der Waals surface area contributed by atoms with Crippen LogP contribution < -0.4 is 9.64 Å². The average molecular weight is 477 g/mol. The van der Waals surface area contributed by atoms with Gasteiger partial charge in [0.05, 0.1) is 23.4 Å². The predicted molar refractivity (Wildman–Crippen MR) is 126 cm³/mol. The normalized spacial score (nSPS) is 15.8. The molecule has 0 saturated carbocycles. The molecule has 0 bridgehead atoms. The maximum Gasteiger partial charge on any atom is 0.266 e. The standard InChI is InChI=1S/C23H22Cl2N2O3S/c1-15-5-2-3-7-21(15)30-13-22(28)27(12-17-6-4-10-29-17)23-26-20(14-31-23)18-9-8-16(24)11-19(18)25/h2-3,5,7-9,11,14,17H,4,6,10,12-13H2,1H3. The summed E-state index contributed by atoms with van der Waals surface area (Å²) in [6.45, 7) is 3.04. The van der Waals surface area contributed by atoms with E-state index < -0.39 is 0 Å². The maximum absolute atomic E-state index is 13.1. The monoisotopic (exact) mass is 476 g/mol. The molecule has 8 heteroatoms. The molecule has 1 saturated heterocycles. The molecular weight excluding hydrogens is 455 g/mol. The number of aromatic nitrogens is 1. The first kappa shape index (κ1) is 22.1. The van der Waals surface area contributed by atoms with E-state index in [2.05, 4.69) is 0 Å². The molecule has 162 valence electrons. The van der Waals surface area contributed by atoms with Crippen LogP contribution in [0.25, 0.3) is 11.3 Å². The van der Waals surface area contributed by atoms with Gasteiger partial charge in [0.25, 0.3) is 5.91 Å². The first-order valence-electron chi connectivity index (χ1n) is 10.0. The number of hydrogen-bond donors (Lipinski definition) is 0. The summed E-state index contributed by atoms with van der Waals surface area (Å²) in [5, 5.41) is 3.56. The first-order valence-corrected chi connectivity index (χ1v) is 11.7. The lowest BCUT2D eigenvalue weighted by molar-refractivity contribution is -0.120. The van der Waals surface area contributed by atoms with Crippen LogP contribution >= 0.6 is 34.5 Å². The number of carbonyl (C=O) groups excluding carboxylic acids is 1. The third kappa shape index (κ3) is 5.39. The van der Waals surface area contributed by atoms with Crippen molar-refractivity contribution in [3.63, 3.8) is 0 Å². The Bertz CT molecular complexity index is 1070. The number of anilines is 1. The summed E-state index contributed by atoms with van der Waals surface area (Å²) in [4.78, 5) is 19.5. The molecule has 4 rings (SSSR count). The lowest BCUT2D eigenvalue weighted by Gasteiger charge is -2.23. The van der Waals surface area contributed by atoms with Crippen LogP contribution in [0.3, 0.4) is 0 Å². The molecule has 0 aliphatic carbocycles. The second-order valence-electron chi connectivity index (χ2n) is 7.33. The van der Waals surface area contributed by atoms with E-state index in [0.29, 0.717) is 33.2 Å². The van der Waals surface area contributed by atoms with Crippen molar-refractivity contribution in [1.29, 1.82) is 0 Å². The Hall–Kier alpha value is -2.12. The molecule has 2 aromatic carbocycles. The lowest BCUT2D eigenvalue weighted by Crippen LogP contribution is -2.40. The van der Waals surface area contributed by atoms with Crippen molar-refractivity contribution in [2.75, 3.05) is 24.7 Å². The SMILES string of the molecule is Cc1ccccc1OCC(=O)N(CC1CCCO1)c1nc(-c2ccc(Cl)cc2Cl)cs1. The minimum absolute atomic E-state index is 0.00567. The van der Waals surface area contributed by atoms with Gasteiger partial charge in [0.15, 0.2) is 11.7 Å². The Labute approximate surface area is 195 Å². The fourth-order valence-corrected chi connectivity index (χ4v) is 4.78. The second kappa shape index (κ2) is 10.0. The zero-order valence-electron chi connectivity index (χ0n) is 17.0. The summed E-state index contributed by atoms with van der Waals surface area (Å²) in [7, 11) is 0. The minimum Gasteiger partial charge on any atom is -0.483 e. The van der Waals surface area contributed by atoms with Crippen LogP contribution in [0.1, 0.15) is 18.4 Å². The van der Waals surface area contributed by atoms with Crippen LogP contribution in [0, 0.1) is 6.92 Å². The molecule has 31 heavy (non-hydrogen) atoms. The molecule has 1 atom stereocenters. The van der Waals surface area contributed by atoms with Crippen LogP contribution in [0.5, 0.6) is 5.75 Å². The van der Waals surface area contributed by atoms with Gasteiger partial charge in [-0.05, 0) is 49.6 Å². The molecule has 2 heterocycles. The van der Waals surface area contributed by atoms with Crippen molar-refractivity contribution in [2.45, 2.75) is 25.9 Å². The van der Waals surface area contributed by atoms with Crippen LogP contribution in [-0.4, -0.2) is 36.8 Å². The lowest BCUT2D eigenvalue weighted by atomic mass is 10.2. The average Bonchev–Trinajstić information content (AvgIpc) is 3.43. The van der Waals surface area contributed by atoms with E-state index in [1.165, 1.54) is 11.3 Å². The highest BCUT2D eigenvalue weighted by atomic mass is 35.5. The van der Waals surface area contributed by atoms with Gasteiger partial charge in [-0.15, -0.1) is 11.3 Å². The number of aryl methyl sites for hydroxylation is 1. The van der Waals surface area contributed by atoms with E-state index in [9.17, 15) is 4.79 Å². The van der Waals surface area contributed by atoms with Crippen molar-refractivity contribution >= 4 is 45.6 Å². The van der Waals surface area contributed by atoms with E-state index in [-0.39, 0.29) is 18.6 Å². The van der Waals surface area contributed by atoms with E-state index in [1.807, 2.05) is 42.6 Å². The number of para-hydroxylation sites is 1. The zero-order valence-corrected chi connectivity index (χ0v) is 19.3. The summed E-state index contributed by atoms with van der Waals surface area (Å²) < 4.78 is 11.6. The van der Waals surface area contributed by atoms with Gasteiger partial charge in [0.1, 0.15) is 5.75 Å². The van der Waals surface area contributed by atoms with E-state index in [1.54, 1.807) is 17.0 Å². The van der Waals surface area contributed by atoms with Gasteiger partial charge in [-0.2, -0.15) is 0 Å².